The minimum atomic E-state index is 0.718. The van der Waals surface area contributed by atoms with Gasteiger partial charge in [0.05, 0.1) is 10.7 Å². The highest BCUT2D eigenvalue weighted by atomic mass is 35.5. The van der Waals surface area contributed by atoms with Crippen LogP contribution in [0.15, 0.2) is 31.0 Å². The number of rotatable bonds is 2. The van der Waals surface area contributed by atoms with Gasteiger partial charge in [0.2, 0.25) is 0 Å². The molecule has 58 valence electrons. The normalized spacial score (nSPS) is 9.27. The van der Waals surface area contributed by atoms with Crippen molar-refractivity contribution >= 4 is 17.3 Å². The van der Waals surface area contributed by atoms with E-state index in [0.29, 0.717) is 0 Å². The van der Waals surface area contributed by atoms with Gasteiger partial charge in [-0.05, 0) is 30.8 Å². The third-order valence-corrected chi connectivity index (χ3v) is 1.71. The van der Waals surface area contributed by atoms with Crippen molar-refractivity contribution < 1.29 is 0 Å². The fourth-order valence-corrected chi connectivity index (χ4v) is 1.03. The molecule has 1 nitrogen and oxygen atoms in total. The Labute approximate surface area is 71.7 Å². The highest BCUT2D eigenvalue weighted by Crippen LogP contribution is 2.22. The summed E-state index contributed by atoms with van der Waals surface area (Å²) in [5, 5.41) is 3.67. The monoisotopic (exact) mass is 167 g/mol. The van der Waals surface area contributed by atoms with Crippen LogP contribution in [0.2, 0.25) is 5.02 Å². The van der Waals surface area contributed by atoms with Gasteiger partial charge in [0.15, 0.2) is 0 Å². The van der Waals surface area contributed by atoms with Gasteiger partial charge in [0.25, 0.3) is 0 Å². The second kappa shape index (κ2) is 3.44. The smallest absolute Gasteiger partial charge is 0.0641 e. The lowest BCUT2D eigenvalue weighted by Gasteiger charge is -2.03. The average molecular weight is 168 g/mol. The highest BCUT2D eigenvalue weighted by Gasteiger charge is 1.95. The van der Waals surface area contributed by atoms with Crippen LogP contribution in [-0.2, 0) is 0 Å². The molecule has 0 radical (unpaired) electrons. The van der Waals surface area contributed by atoms with Gasteiger partial charge in [-0.15, -0.1) is 0 Å². The molecule has 0 amide bonds. The van der Waals surface area contributed by atoms with Crippen molar-refractivity contribution in [2.24, 2.45) is 0 Å². The van der Waals surface area contributed by atoms with Crippen LogP contribution >= 0.6 is 11.6 Å². The summed E-state index contributed by atoms with van der Waals surface area (Å²) in [6.45, 7) is 5.58. The van der Waals surface area contributed by atoms with E-state index in [2.05, 4.69) is 11.9 Å². The molecule has 0 saturated carbocycles. The van der Waals surface area contributed by atoms with Crippen molar-refractivity contribution in [1.29, 1.82) is 0 Å². The third kappa shape index (κ3) is 1.99. The summed E-state index contributed by atoms with van der Waals surface area (Å²) >= 11 is 5.86. The van der Waals surface area contributed by atoms with E-state index in [1.54, 1.807) is 6.20 Å². The molecule has 0 spiro atoms. The molecule has 0 atom stereocenters. The van der Waals surface area contributed by atoms with E-state index in [0.717, 1.165) is 10.7 Å². The fraction of sp³-hybridized carbons (Fsp3) is 0.111. The van der Waals surface area contributed by atoms with Gasteiger partial charge in [-0.3, -0.25) is 0 Å². The minimum Gasteiger partial charge on any atom is -0.361 e. The predicted molar refractivity (Wildman–Crippen MR) is 50.0 cm³/mol. The Hall–Kier alpha value is -0.950. The highest BCUT2D eigenvalue weighted by molar-refractivity contribution is 6.33. The number of aryl methyl sites for hydroxylation is 1. The zero-order valence-corrected chi connectivity index (χ0v) is 7.15. The van der Waals surface area contributed by atoms with Gasteiger partial charge in [0, 0.05) is 0 Å². The van der Waals surface area contributed by atoms with Crippen LogP contribution in [0.25, 0.3) is 0 Å². The molecule has 0 saturated heterocycles. The number of benzene rings is 1. The Morgan fingerprint density at radius 2 is 2.27 bits per heavy atom. The molecule has 0 aliphatic rings. The Morgan fingerprint density at radius 3 is 2.91 bits per heavy atom. The SMILES string of the molecule is C=CNc1cc(C)ccc1Cl. The lowest BCUT2D eigenvalue weighted by molar-refractivity contribution is 1.45. The first kappa shape index (κ1) is 8.15. The van der Waals surface area contributed by atoms with Crippen molar-refractivity contribution in [1.82, 2.24) is 0 Å². The maximum atomic E-state index is 5.86. The molecule has 11 heavy (non-hydrogen) atoms. The number of halogens is 1. The van der Waals surface area contributed by atoms with Gasteiger partial charge in [0.1, 0.15) is 0 Å². The van der Waals surface area contributed by atoms with Crippen LogP contribution in [0.1, 0.15) is 5.56 Å². The second-order valence-electron chi connectivity index (χ2n) is 2.33. The summed E-state index contributed by atoms with van der Waals surface area (Å²) in [4.78, 5) is 0. The van der Waals surface area contributed by atoms with E-state index in [9.17, 15) is 0 Å². The van der Waals surface area contributed by atoms with E-state index < -0.39 is 0 Å². The van der Waals surface area contributed by atoms with Crippen LogP contribution in [0.5, 0.6) is 0 Å². The molecule has 1 N–H and O–H groups in total. The van der Waals surface area contributed by atoms with Crippen molar-refractivity contribution in [3.63, 3.8) is 0 Å². The van der Waals surface area contributed by atoms with E-state index in [4.69, 9.17) is 11.6 Å². The number of hydrogen-bond acceptors (Lipinski definition) is 1. The van der Waals surface area contributed by atoms with E-state index >= 15 is 0 Å². The zero-order chi connectivity index (χ0) is 8.27. The van der Waals surface area contributed by atoms with Crippen molar-refractivity contribution in [3.05, 3.63) is 41.6 Å². The maximum Gasteiger partial charge on any atom is 0.0641 e. The average Bonchev–Trinajstić information content (AvgIpc) is 1.98. The molecule has 2 heteroatoms. The van der Waals surface area contributed by atoms with Crippen LogP contribution < -0.4 is 5.32 Å². The van der Waals surface area contributed by atoms with Crippen LogP contribution in [0.4, 0.5) is 5.69 Å². The predicted octanol–water partition coefficient (Wildman–Crippen LogP) is 3.20. The van der Waals surface area contributed by atoms with Gasteiger partial charge < -0.3 is 5.32 Å². The topological polar surface area (TPSA) is 12.0 Å². The minimum absolute atomic E-state index is 0.718. The first-order valence-corrected chi connectivity index (χ1v) is 3.75. The molecular formula is C9H10ClN. The quantitative estimate of drug-likeness (QED) is 0.714. The van der Waals surface area contributed by atoms with Crippen LogP contribution in [0, 0.1) is 6.92 Å². The summed E-state index contributed by atoms with van der Waals surface area (Å²) in [6.07, 6.45) is 1.61. The zero-order valence-electron chi connectivity index (χ0n) is 6.39. The van der Waals surface area contributed by atoms with E-state index in [1.807, 2.05) is 25.1 Å². The number of anilines is 1. The van der Waals surface area contributed by atoms with E-state index in [1.165, 1.54) is 5.56 Å². The van der Waals surface area contributed by atoms with E-state index in [-0.39, 0.29) is 0 Å². The molecule has 0 aromatic heterocycles. The molecule has 0 bridgehead atoms. The third-order valence-electron chi connectivity index (χ3n) is 1.38. The van der Waals surface area contributed by atoms with Crippen molar-refractivity contribution in [2.45, 2.75) is 6.92 Å². The lowest BCUT2D eigenvalue weighted by atomic mass is 10.2. The summed E-state index contributed by atoms with van der Waals surface area (Å²) in [5.74, 6) is 0. The number of nitrogens with one attached hydrogen (secondary N) is 1. The summed E-state index contributed by atoms with van der Waals surface area (Å²) in [7, 11) is 0. The maximum absolute atomic E-state index is 5.86. The second-order valence-corrected chi connectivity index (χ2v) is 2.74. The molecule has 1 aromatic carbocycles. The Morgan fingerprint density at radius 1 is 1.55 bits per heavy atom. The summed E-state index contributed by atoms with van der Waals surface area (Å²) in [5.41, 5.74) is 2.08. The first-order valence-electron chi connectivity index (χ1n) is 3.37. The Bertz CT molecular complexity index is 268. The summed E-state index contributed by atoms with van der Waals surface area (Å²) in [6, 6.07) is 5.81. The van der Waals surface area contributed by atoms with Crippen LogP contribution in [0.3, 0.4) is 0 Å². The molecule has 1 rings (SSSR count). The van der Waals surface area contributed by atoms with Gasteiger partial charge in [-0.1, -0.05) is 24.2 Å². The van der Waals surface area contributed by atoms with Crippen molar-refractivity contribution in [3.8, 4) is 0 Å². The lowest BCUT2D eigenvalue weighted by Crippen LogP contribution is -1.87. The number of hydrogen-bond donors (Lipinski definition) is 1. The van der Waals surface area contributed by atoms with Gasteiger partial charge in [-0.25, -0.2) is 0 Å². The molecule has 0 aliphatic heterocycles. The first-order chi connectivity index (χ1) is 5.24. The molecule has 0 fully saturated rings. The van der Waals surface area contributed by atoms with Gasteiger partial charge in [-0.2, -0.15) is 0 Å². The summed E-state index contributed by atoms with van der Waals surface area (Å²) < 4.78 is 0. The molecular weight excluding hydrogens is 158 g/mol. The molecule has 0 unspecified atom stereocenters. The van der Waals surface area contributed by atoms with Crippen molar-refractivity contribution in [2.75, 3.05) is 5.32 Å². The Balaban J connectivity index is 3.01. The van der Waals surface area contributed by atoms with Gasteiger partial charge >= 0.3 is 0 Å². The largest absolute Gasteiger partial charge is 0.361 e. The molecule has 0 heterocycles. The fourth-order valence-electron chi connectivity index (χ4n) is 0.860. The Kier molecular flexibility index (Phi) is 2.55. The molecule has 1 aromatic rings. The molecule has 0 aliphatic carbocycles. The standard InChI is InChI=1S/C9H10ClN/c1-3-11-9-6-7(2)4-5-8(9)10/h3-6,11H,1H2,2H3. The van der Waals surface area contributed by atoms with Crippen LogP contribution in [-0.4, -0.2) is 0 Å².